The van der Waals surface area contributed by atoms with E-state index in [2.05, 4.69) is 46.1 Å². The van der Waals surface area contributed by atoms with E-state index in [1.54, 1.807) is 0 Å². The molecule has 94 valence electrons. The lowest BCUT2D eigenvalue weighted by Crippen LogP contribution is -2.40. The molecule has 3 rings (SSSR count). The van der Waals surface area contributed by atoms with Gasteiger partial charge in [-0.3, -0.25) is 4.57 Å². The molecule has 1 aromatic carbocycles. The first kappa shape index (κ1) is 11.8. The number of thioether (sulfide) groups is 1. The van der Waals surface area contributed by atoms with Gasteiger partial charge in [-0.2, -0.15) is 11.8 Å². The molecule has 1 aliphatic heterocycles. The second-order valence-electron chi connectivity index (χ2n) is 4.58. The summed E-state index contributed by atoms with van der Waals surface area (Å²) in [5.74, 6) is 3.51. The van der Waals surface area contributed by atoms with Crippen molar-refractivity contribution in [3.8, 4) is 5.69 Å². The van der Waals surface area contributed by atoms with E-state index in [4.69, 9.17) is 0 Å². The summed E-state index contributed by atoms with van der Waals surface area (Å²) in [6.45, 7) is 2.94. The largest absolute Gasteiger partial charge is 0.307 e. The van der Waals surface area contributed by atoms with Gasteiger partial charge in [0.05, 0.1) is 11.9 Å². The lowest BCUT2D eigenvalue weighted by molar-refractivity contribution is 0.571. The van der Waals surface area contributed by atoms with Crippen molar-refractivity contribution >= 4 is 11.8 Å². The first-order valence-electron chi connectivity index (χ1n) is 6.24. The molecule has 0 radical (unpaired) electrons. The number of nitrogens with zero attached hydrogens (tertiary/aromatic N) is 2. The second kappa shape index (κ2) is 5.16. The Hall–Kier alpha value is -1.26. The number of imidazole rings is 1. The van der Waals surface area contributed by atoms with E-state index in [-0.39, 0.29) is 0 Å². The molecule has 2 aromatic rings. The summed E-state index contributed by atoms with van der Waals surface area (Å²) in [5.41, 5.74) is 2.42. The Morgan fingerprint density at radius 2 is 2.11 bits per heavy atom. The number of para-hydroxylation sites is 1. The highest BCUT2D eigenvalue weighted by Gasteiger charge is 2.18. The average molecular weight is 259 g/mol. The highest BCUT2D eigenvalue weighted by atomic mass is 32.2. The van der Waals surface area contributed by atoms with E-state index < -0.39 is 0 Å². The number of aromatic nitrogens is 2. The summed E-state index contributed by atoms with van der Waals surface area (Å²) in [6.07, 6.45) is 1.97. The summed E-state index contributed by atoms with van der Waals surface area (Å²) < 4.78 is 2.22. The van der Waals surface area contributed by atoms with Gasteiger partial charge in [0.15, 0.2) is 0 Å². The van der Waals surface area contributed by atoms with Crippen molar-refractivity contribution in [2.24, 2.45) is 0 Å². The number of aryl methyl sites for hydroxylation is 1. The third-order valence-electron chi connectivity index (χ3n) is 3.24. The van der Waals surface area contributed by atoms with Gasteiger partial charge in [0, 0.05) is 29.8 Å². The van der Waals surface area contributed by atoms with Crippen molar-refractivity contribution in [1.29, 1.82) is 0 Å². The lowest BCUT2D eigenvalue weighted by Gasteiger charge is -2.26. The molecule has 4 heteroatoms. The molecule has 0 bridgehead atoms. The maximum Gasteiger partial charge on any atom is 0.110 e. The fourth-order valence-corrected chi connectivity index (χ4v) is 2.86. The van der Waals surface area contributed by atoms with Crippen LogP contribution in [0.25, 0.3) is 5.69 Å². The van der Waals surface area contributed by atoms with Gasteiger partial charge in [-0.15, -0.1) is 0 Å². The van der Waals surface area contributed by atoms with Gasteiger partial charge >= 0.3 is 0 Å². The fourth-order valence-electron chi connectivity index (χ4n) is 2.15. The van der Waals surface area contributed by atoms with Gasteiger partial charge < -0.3 is 5.32 Å². The molecular weight excluding hydrogens is 242 g/mol. The van der Waals surface area contributed by atoms with Crippen LogP contribution in [-0.4, -0.2) is 27.1 Å². The molecule has 0 aliphatic carbocycles. The standard InChI is InChI=1S/C14H17N3S/c1-11-15-7-14(8-16-12-9-18-10-12)17(11)13-5-3-2-4-6-13/h2-7,12,16H,8-10H2,1H3. The molecular formula is C14H17N3S. The van der Waals surface area contributed by atoms with Crippen LogP contribution in [0.3, 0.4) is 0 Å². The lowest BCUT2D eigenvalue weighted by atomic mass is 10.3. The average Bonchev–Trinajstić information content (AvgIpc) is 2.70. The number of hydrogen-bond acceptors (Lipinski definition) is 3. The molecule has 1 fully saturated rings. The zero-order valence-corrected chi connectivity index (χ0v) is 11.3. The molecule has 1 aliphatic rings. The Morgan fingerprint density at radius 3 is 2.78 bits per heavy atom. The van der Waals surface area contributed by atoms with Crippen LogP contribution in [0.4, 0.5) is 0 Å². The van der Waals surface area contributed by atoms with Crippen LogP contribution in [0.15, 0.2) is 36.5 Å². The van der Waals surface area contributed by atoms with Gasteiger partial charge in [0.1, 0.15) is 5.82 Å². The Balaban J connectivity index is 1.82. The van der Waals surface area contributed by atoms with Gasteiger partial charge in [-0.05, 0) is 19.1 Å². The SMILES string of the molecule is Cc1ncc(CNC2CSC2)n1-c1ccccc1. The van der Waals surface area contributed by atoms with E-state index >= 15 is 0 Å². The van der Waals surface area contributed by atoms with Gasteiger partial charge in [0.25, 0.3) is 0 Å². The van der Waals surface area contributed by atoms with Crippen LogP contribution in [-0.2, 0) is 6.54 Å². The summed E-state index contributed by atoms with van der Waals surface area (Å²) in [5, 5.41) is 3.58. The quantitative estimate of drug-likeness (QED) is 0.914. The van der Waals surface area contributed by atoms with Crippen molar-refractivity contribution in [3.05, 3.63) is 48.0 Å². The molecule has 0 saturated carbocycles. The molecule has 2 heterocycles. The minimum Gasteiger partial charge on any atom is -0.307 e. The third-order valence-corrected chi connectivity index (χ3v) is 4.51. The Kier molecular flexibility index (Phi) is 3.39. The van der Waals surface area contributed by atoms with Crippen molar-refractivity contribution in [1.82, 2.24) is 14.9 Å². The fraction of sp³-hybridized carbons (Fsp3) is 0.357. The topological polar surface area (TPSA) is 29.9 Å². The molecule has 18 heavy (non-hydrogen) atoms. The first-order valence-corrected chi connectivity index (χ1v) is 7.40. The van der Waals surface area contributed by atoms with E-state index in [9.17, 15) is 0 Å². The molecule has 0 spiro atoms. The van der Waals surface area contributed by atoms with Gasteiger partial charge in [0.2, 0.25) is 0 Å². The van der Waals surface area contributed by atoms with Crippen molar-refractivity contribution in [2.45, 2.75) is 19.5 Å². The van der Waals surface area contributed by atoms with Crippen molar-refractivity contribution in [2.75, 3.05) is 11.5 Å². The maximum atomic E-state index is 4.43. The zero-order chi connectivity index (χ0) is 12.4. The van der Waals surface area contributed by atoms with E-state index in [0.29, 0.717) is 6.04 Å². The van der Waals surface area contributed by atoms with Crippen LogP contribution in [0.5, 0.6) is 0 Å². The normalized spacial score (nSPS) is 15.6. The smallest absolute Gasteiger partial charge is 0.110 e. The number of hydrogen-bond donors (Lipinski definition) is 1. The van der Waals surface area contributed by atoms with Gasteiger partial charge in [-0.1, -0.05) is 18.2 Å². The molecule has 3 nitrogen and oxygen atoms in total. The molecule has 0 atom stereocenters. The predicted molar refractivity (Wildman–Crippen MR) is 76.3 cm³/mol. The minimum absolute atomic E-state index is 0.675. The molecule has 0 unspecified atom stereocenters. The Bertz CT molecular complexity index is 517. The van der Waals surface area contributed by atoms with Crippen LogP contribution >= 0.6 is 11.8 Å². The van der Waals surface area contributed by atoms with E-state index in [1.807, 2.05) is 24.0 Å². The molecule has 1 saturated heterocycles. The molecule has 0 amide bonds. The molecule has 1 aromatic heterocycles. The van der Waals surface area contributed by atoms with Crippen LogP contribution in [0.2, 0.25) is 0 Å². The van der Waals surface area contributed by atoms with E-state index in [1.165, 1.54) is 22.9 Å². The minimum atomic E-state index is 0.675. The third kappa shape index (κ3) is 2.31. The number of benzene rings is 1. The number of rotatable bonds is 4. The predicted octanol–water partition coefficient (Wildman–Crippen LogP) is 2.39. The summed E-state index contributed by atoms with van der Waals surface area (Å²) in [6, 6.07) is 11.1. The monoisotopic (exact) mass is 259 g/mol. The summed E-state index contributed by atoms with van der Waals surface area (Å²) in [7, 11) is 0. The van der Waals surface area contributed by atoms with Crippen LogP contribution in [0.1, 0.15) is 11.5 Å². The van der Waals surface area contributed by atoms with E-state index in [0.717, 1.165) is 12.4 Å². The summed E-state index contributed by atoms with van der Waals surface area (Å²) >= 11 is 2.00. The van der Waals surface area contributed by atoms with Crippen LogP contribution < -0.4 is 5.32 Å². The number of nitrogens with one attached hydrogen (secondary N) is 1. The molecule has 1 N–H and O–H groups in total. The maximum absolute atomic E-state index is 4.43. The second-order valence-corrected chi connectivity index (χ2v) is 5.66. The Morgan fingerprint density at radius 1 is 1.33 bits per heavy atom. The van der Waals surface area contributed by atoms with Crippen LogP contribution in [0, 0.1) is 6.92 Å². The highest BCUT2D eigenvalue weighted by Crippen LogP contribution is 2.19. The summed E-state index contributed by atoms with van der Waals surface area (Å²) in [4.78, 5) is 4.43. The van der Waals surface area contributed by atoms with Crippen molar-refractivity contribution < 1.29 is 0 Å². The Labute approximate surface area is 112 Å². The zero-order valence-electron chi connectivity index (χ0n) is 10.5. The first-order chi connectivity index (χ1) is 8.84. The van der Waals surface area contributed by atoms with Crippen molar-refractivity contribution in [3.63, 3.8) is 0 Å². The highest BCUT2D eigenvalue weighted by molar-refractivity contribution is 8.00. The van der Waals surface area contributed by atoms with Gasteiger partial charge in [-0.25, -0.2) is 4.98 Å².